The van der Waals surface area contributed by atoms with Crippen molar-refractivity contribution in [3.63, 3.8) is 0 Å². The molecule has 6 nitrogen and oxygen atoms in total. The number of rotatable bonds is 6. The number of benzene rings is 2. The Labute approximate surface area is 143 Å². The lowest BCUT2D eigenvalue weighted by molar-refractivity contribution is 0.0950. The number of halogens is 1. The summed E-state index contributed by atoms with van der Waals surface area (Å²) in [5, 5.41) is 10.6. The van der Waals surface area contributed by atoms with Gasteiger partial charge in [-0.15, -0.1) is 10.2 Å². The van der Waals surface area contributed by atoms with E-state index in [0.29, 0.717) is 41.6 Å². The van der Waals surface area contributed by atoms with Gasteiger partial charge in [0.25, 0.3) is 5.91 Å². The van der Waals surface area contributed by atoms with Gasteiger partial charge in [-0.3, -0.25) is 4.79 Å². The van der Waals surface area contributed by atoms with Gasteiger partial charge < -0.3 is 14.5 Å². The summed E-state index contributed by atoms with van der Waals surface area (Å²) in [6.07, 6.45) is 0.384. The molecule has 0 radical (unpaired) electrons. The fraction of sp³-hybridized carbons (Fsp3) is 0.167. The largest absolute Gasteiger partial charge is 0.496 e. The maximum atomic E-state index is 12.9. The summed E-state index contributed by atoms with van der Waals surface area (Å²) in [5.41, 5.74) is 1.10. The van der Waals surface area contributed by atoms with Gasteiger partial charge in [0.2, 0.25) is 11.8 Å². The summed E-state index contributed by atoms with van der Waals surface area (Å²) in [5.74, 6) is 0.639. The summed E-state index contributed by atoms with van der Waals surface area (Å²) in [6.45, 7) is 0.335. The molecule has 1 aromatic heterocycles. The molecule has 0 unspecified atom stereocenters. The van der Waals surface area contributed by atoms with Crippen LogP contribution in [0.1, 0.15) is 16.2 Å². The first kappa shape index (κ1) is 16.6. The van der Waals surface area contributed by atoms with Crippen molar-refractivity contribution in [1.82, 2.24) is 15.5 Å². The van der Waals surface area contributed by atoms with Gasteiger partial charge in [0.15, 0.2) is 0 Å². The van der Waals surface area contributed by atoms with E-state index in [1.54, 1.807) is 36.4 Å². The number of nitrogens with one attached hydrogen (secondary N) is 1. The lowest BCUT2D eigenvalue weighted by Gasteiger charge is -2.08. The SMILES string of the molecule is COc1ccccc1C(=O)NCCc1nnc(-c2ccc(F)cc2)o1. The Kier molecular flexibility index (Phi) is 5.03. The van der Waals surface area contributed by atoms with Crippen LogP contribution in [-0.2, 0) is 6.42 Å². The first-order valence-corrected chi connectivity index (χ1v) is 7.67. The number of carbonyl (C=O) groups is 1. The van der Waals surface area contributed by atoms with Crippen molar-refractivity contribution in [1.29, 1.82) is 0 Å². The Morgan fingerprint density at radius 2 is 1.92 bits per heavy atom. The number of ether oxygens (including phenoxy) is 1. The van der Waals surface area contributed by atoms with Crippen molar-refractivity contribution < 1.29 is 18.3 Å². The first-order chi connectivity index (χ1) is 12.2. The number of methoxy groups -OCH3 is 1. The molecule has 0 bridgehead atoms. The first-order valence-electron chi connectivity index (χ1n) is 7.67. The zero-order valence-electron chi connectivity index (χ0n) is 13.5. The van der Waals surface area contributed by atoms with Gasteiger partial charge in [-0.2, -0.15) is 0 Å². The van der Waals surface area contributed by atoms with E-state index in [-0.39, 0.29) is 11.7 Å². The number of para-hydroxylation sites is 1. The Morgan fingerprint density at radius 1 is 1.16 bits per heavy atom. The third-order valence-electron chi connectivity index (χ3n) is 3.53. The Morgan fingerprint density at radius 3 is 2.68 bits per heavy atom. The number of amides is 1. The van der Waals surface area contributed by atoms with Crippen LogP contribution in [0.4, 0.5) is 4.39 Å². The Hall–Kier alpha value is -3.22. The molecule has 1 heterocycles. The molecule has 0 aliphatic rings. The second kappa shape index (κ2) is 7.57. The van der Waals surface area contributed by atoms with Crippen LogP contribution in [0.3, 0.4) is 0 Å². The fourth-order valence-electron chi connectivity index (χ4n) is 2.27. The Balaban J connectivity index is 1.57. The third-order valence-corrected chi connectivity index (χ3v) is 3.53. The predicted molar refractivity (Wildman–Crippen MR) is 88.7 cm³/mol. The monoisotopic (exact) mass is 341 g/mol. The minimum Gasteiger partial charge on any atom is -0.496 e. The zero-order valence-corrected chi connectivity index (χ0v) is 13.5. The molecule has 2 aromatic carbocycles. The quantitative estimate of drug-likeness (QED) is 0.746. The Bertz CT molecular complexity index is 862. The van der Waals surface area contributed by atoms with E-state index in [9.17, 15) is 9.18 Å². The molecule has 0 atom stereocenters. The maximum Gasteiger partial charge on any atom is 0.255 e. The normalized spacial score (nSPS) is 10.5. The topological polar surface area (TPSA) is 77.2 Å². The highest BCUT2D eigenvalue weighted by Gasteiger charge is 2.12. The van der Waals surface area contributed by atoms with E-state index in [2.05, 4.69) is 15.5 Å². The predicted octanol–water partition coefficient (Wildman–Crippen LogP) is 2.86. The van der Waals surface area contributed by atoms with Crippen LogP contribution in [0.5, 0.6) is 5.75 Å². The molecular formula is C18H16FN3O3. The minimum absolute atomic E-state index is 0.240. The van der Waals surface area contributed by atoms with Crippen molar-refractivity contribution in [3.8, 4) is 17.2 Å². The number of aromatic nitrogens is 2. The van der Waals surface area contributed by atoms with Crippen molar-refractivity contribution in [2.75, 3.05) is 13.7 Å². The molecule has 0 saturated heterocycles. The molecule has 0 fully saturated rings. The van der Waals surface area contributed by atoms with E-state index >= 15 is 0 Å². The molecule has 7 heteroatoms. The summed E-state index contributed by atoms with van der Waals surface area (Å²) in [4.78, 5) is 12.2. The fourth-order valence-corrected chi connectivity index (χ4v) is 2.27. The van der Waals surface area contributed by atoms with Crippen molar-refractivity contribution >= 4 is 5.91 Å². The number of carbonyl (C=O) groups excluding carboxylic acids is 1. The van der Waals surface area contributed by atoms with Crippen LogP contribution in [0.2, 0.25) is 0 Å². The van der Waals surface area contributed by atoms with Crippen LogP contribution in [0.25, 0.3) is 11.5 Å². The minimum atomic E-state index is -0.331. The van der Waals surface area contributed by atoms with Gasteiger partial charge in [0.1, 0.15) is 11.6 Å². The zero-order chi connectivity index (χ0) is 17.6. The average Bonchev–Trinajstić information content (AvgIpc) is 3.11. The van der Waals surface area contributed by atoms with Crippen LogP contribution >= 0.6 is 0 Å². The van der Waals surface area contributed by atoms with Gasteiger partial charge >= 0.3 is 0 Å². The highest BCUT2D eigenvalue weighted by molar-refractivity contribution is 5.96. The van der Waals surface area contributed by atoms with Gasteiger partial charge in [-0.05, 0) is 36.4 Å². The number of hydrogen-bond acceptors (Lipinski definition) is 5. The molecule has 128 valence electrons. The molecule has 3 rings (SSSR count). The van der Waals surface area contributed by atoms with Gasteiger partial charge in [-0.25, -0.2) is 4.39 Å². The van der Waals surface area contributed by atoms with E-state index in [0.717, 1.165) is 0 Å². The summed E-state index contributed by atoms with van der Waals surface area (Å²) in [6, 6.07) is 12.8. The lowest BCUT2D eigenvalue weighted by atomic mass is 10.2. The maximum absolute atomic E-state index is 12.9. The van der Waals surface area contributed by atoms with E-state index < -0.39 is 0 Å². The van der Waals surface area contributed by atoms with Crippen molar-refractivity contribution in [2.45, 2.75) is 6.42 Å². The molecule has 0 aliphatic heterocycles. The molecular weight excluding hydrogens is 325 g/mol. The highest BCUT2D eigenvalue weighted by atomic mass is 19.1. The van der Waals surface area contributed by atoms with Crippen LogP contribution in [0, 0.1) is 5.82 Å². The van der Waals surface area contributed by atoms with E-state index in [1.165, 1.54) is 19.2 Å². The van der Waals surface area contributed by atoms with Crippen LogP contribution < -0.4 is 10.1 Å². The summed E-state index contributed by atoms with van der Waals surface area (Å²) >= 11 is 0. The third kappa shape index (κ3) is 4.00. The highest BCUT2D eigenvalue weighted by Crippen LogP contribution is 2.19. The molecule has 1 amide bonds. The van der Waals surface area contributed by atoms with Crippen LogP contribution in [0.15, 0.2) is 52.9 Å². The van der Waals surface area contributed by atoms with Crippen LogP contribution in [-0.4, -0.2) is 29.8 Å². The van der Waals surface area contributed by atoms with Gasteiger partial charge in [-0.1, -0.05) is 12.1 Å². The van der Waals surface area contributed by atoms with Crippen molar-refractivity contribution in [2.24, 2.45) is 0 Å². The van der Waals surface area contributed by atoms with E-state index in [1.807, 2.05) is 0 Å². The molecule has 0 spiro atoms. The standard InChI is InChI=1S/C18H16FN3O3/c1-24-15-5-3-2-4-14(15)17(23)20-11-10-16-21-22-18(25-16)12-6-8-13(19)9-7-12/h2-9H,10-11H2,1H3,(H,20,23). The molecule has 1 N–H and O–H groups in total. The lowest BCUT2D eigenvalue weighted by Crippen LogP contribution is -2.26. The molecule has 0 aliphatic carbocycles. The summed E-state index contributed by atoms with van der Waals surface area (Å²) in [7, 11) is 1.52. The smallest absolute Gasteiger partial charge is 0.255 e. The summed E-state index contributed by atoms with van der Waals surface area (Å²) < 4.78 is 23.6. The second-order valence-corrected chi connectivity index (χ2v) is 5.21. The van der Waals surface area contributed by atoms with E-state index in [4.69, 9.17) is 9.15 Å². The number of nitrogens with zero attached hydrogens (tertiary/aromatic N) is 2. The molecule has 0 saturated carbocycles. The second-order valence-electron chi connectivity index (χ2n) is 5.21. The van der Waals surface area contributed by atoms with Crippen molar-refractivity contribution in [3.05, 3.63) is 65.8 Å². The van der Waals surface area contributed by atoms with Gasteiger partial charge in [0, 0.05) is 18.5 Å². The number of hydrogen-bond donors (Lipinski definition) is 1. The molecule has 3 aromatic rings. The molecule has 25 heavy (non-hydrogen) atoms. The van der Waals surface area contributed by atoms with Gasteiger partial charge in [0.05, 0.1) is 12.7 Å². The average molecular weight is 341 g/mol.